The van der Waals surface area contributed by atoms with Crippen LogP contribution in [0.25, 0.3) is 0 Å². The van der Waals surface area contributed by atoms with Crippen LogP contribution >= 0.6 is 11.6 Å². The molecule has 1 saturated heterocycles. The van der Waals surface area contributed by atoms with Gasteiger partial charge >= 0.3 is 0 Å². The molecule has 136 valence electrons. The lowest BCUT2D eigenvalue weighted by Gasteiger charge is -2.38. The number of nitrogens with one attached hydrogen (secondary N) is 1. The molecule has 0 aliphatic carbocycles. The molecule has 0 unspecified atom stereocenters. The number of rotatable bonds is 4. The van der Waals surface area contributed by atoms with Gasteiger partial charge in [-0.25, -0.2) is 0 Å². The Labute approximate surface area is 153 Å². The van der Waals surface area contributed by atoms with Gasteiger partial charge in [0.1, 0.15) is 19.1 Å². The summed E-state index contributed by atoms with van der Waals surface area (Å²) in [6, 6.07) is 6.54. The van der Waals surface area contributed by atoms with Gasteiger partial charge in [-0.1, -0.05) is 29.8 Å². The first kappa shape index (κ1) is 19.2. The Kier molecular flexibility index (Phi) is 5.72. The molecule has 2 rings (SSSR count). The van der Waals surface area contributed by atoms with E-state index in [1.165, 1.54) is 9.80 Å². The highest BCUT2D eigenvalue weighted by molar-refractivity contribution is 6.31. The van der Waals surface area contributed by atoms with Gasteiger partial charge < -0.3 is 15.1 Å². The molecule has 1 fully saturated rings. The Morgan fingerprint density at radius 2 is 1.92 bits per heavy atom. The van der Waals surface area contributed by atoms with Gasteiger partial charge in [0.15, 0.2) is 0 Å². The zero-order valence-electron chi connectivity index (χ0n) is 15.0. The second-order valence-electron chi connectivity index (χ2n) is 7.28. The number of hydrogen-bond acceptors (Lipinski definition) is 3. The molecule has 1 aromatic carbocycles. The minimum atomic E-state index is -0.686. The quantitative estimate of drug-likeness (QED) is 0.884. The van der Waals surface area contributed by atoms with Crippen molar-refractivity contribution in [2.45, 2.75) is 45.8 Å². The molecule has 0 bridgehead atoms. The molecule has 1 aliphatic heterocycles. The van der Waals surface area contributed by atoms with E-state index >= 15 is 0 Å². The number of carbonyl (C=O) groups excluding carboxylic acids is 3. The van der Waals surface area contributed by atoms with Crippen LogP contribution in [0.3, 0.4) is 0 Å². The molecule has 0 spiro atoms. The average Bonchev–Trinajstić information content (AvgIpc) is 2.49. The van der Waals surface area contributed by atoms with Crippen LogP contribution in [0.1, 0.15) is 33.3 Å². The summed E-state index contributed by atoms with van der Waals surface area (Å²) in [7, 11) is 0. The van der Waals surface area contributed by atoms with Crippen molar-refractivity contribution in [1.82, 2.24) is 15.1 Å². The number of halogens is 1. The fourth-order valence-electron chi connectivity index (χ4n) is 2.75. The Morgan fingerprint density at radius 3 is 2.52 bits per heavy atom. The van der Waals surface area contributed by atoms with Gasteiger partial charge in [0.2, 0.25) is 17.7 Å². The van der Waals surface area contributed by atoms with Crippen molar-refractivity contribution in [2.75, 3.05) is 13.1 Å². The smallest absolute Gasteiger partial charge is 0.245 e. The van der Waals surface area contributed by atoms with E-state index in [2.05, 4.69) is 5.32 Å². The van der Waals surface area contributed by atoms with Crippen molar-refractivity contribution < 1.29 is 14.4 Å². The minimum Gasteiger partial charge on any atom is -0.350 e. The van der Waals surface area contributed by atoms with Gasteiger partial charge in [-0.2, -0.15) is 0 Å². The van der Waals surface area contributed by atoms with Crippen molar-refractivity contribution in [2.24, 2.45) is 0 Å². The van der Waals surface area contributed by atoms with E-state index in [9.17, 15) is 14.4 Å². The molecule has 1 aromatic rings. The Morgan fingerprint density at radius 1 is 1.28 bits per heavy atom. The van der Waals surface area contributed by atoms with Crippen molar-refractivity contribution in [3.63, 3.8) is 0 Å². The lowest BCUT2D eigenvalue weighted by Crippen LogP contribution is -2.60. The first-order valence-corrected chi connectivity index (χ1v) is 8.59. The second-order valence-corrected chi connectivity index (χ2v) is 7.69. The molecule has 25 heavy (non-hydrogen) atoms. The minimum absolute atomic E-state index is 0.0583. The van der Waals surface area contributed by atoms with E-state index in [1.54, 1.807) is 13.0 Å². The van der Waals surface area contributed by atoms with Gasteiger partial charge in [0, 0.05) is 17.1 Å². The summed E-state index contributed by atoms with van der Waals surface area (Å²) in [6.45, 7) is 7.33. The van der Waals surface area contributed by atoms with Crippen LogP contribution in [0.4, 0.5) is 0 Å². The van der Waals surface area contributed by atoms with E-state index < -0.39 is 6.04 Å². The highest BCUT2D eigenvalue weighted by Crippen LogP contribution is 2.20. The second kappa shape index (κ2) is 7.44. The summed E-state index contributed by atoms with van der Waals surface area (Å²) in [5.41, 5.74) is 0.399. The van der Waals surface area contributed by atoms with Crippen molar-refractivity contribution in [3.8, 4) is 0 Å². The molecule has 3 amide bonds. The van der Waals surface area contributed by atoms with Crippen molar-refractivity contribution in [3.05, 3.63) is 34.9 Å². The van der Waals surface area contributed by atoms with E-state index in [-0.39, 0.29) is 42.9 Å². The number of amides is 3. The highest BCUT2D eigenvalue weighted by atomic mass is 35.5. The number of nitrogens with zero attached hydrogens (tertiary/aromatic N) is 2. The number of hydrogen-bond donors (Lipinski definition) is 1. The summed E-state index contributed by atoms with van der Waals surface area (Å²) in [5, 5.41) is 3.36. The predicted octanol–water partition coefficient (Wildman–Crippen LogP) is 1.81. The normalized spacial score (nSPS) is 18.5. The lowest BCUT2D eigenvalue weighted by atomic mass is 10.1. The van der Waals surface area contributed by atoms with Gasteiger partial charge in [0.05, 0.1) is 0 Å². The molecule has 7 heteroatoms. The Balaban J connectivity index is 2.06. The molecule has 6 nitrogen and oxygen atoms in total. The van der Waals surface area contributed by atoms with Crippen LogP contribution in [0, 0.1) is 0 Å². The molecular weight excluding hydrogens is 342 g/mol. The summed E-state index contributed by atoms with van der Waals surface area (Å²) >= 11 is 6.14. The molecule has 0 radical (unpaired) electrons. The third-order valence-electron chi connectivity index (χ3n) is 3.93. The Hall–Kier alpha value is -2.08. The summed E-state index contributed by atoms with van der Waals surface area (Å²) in [4.78, 5) is 40.0. The number of piperazine rings is 1. The van der Waals surface area contributed by atoms with Crippen LogP contribution in [-0.2, 0) is 20.9 Å². The van der Waals surface area contributed by atoms with Gasteiger partial charge in [0.25, 0.3) is 0 Å². The molecule has 1 atom stereocenters. The Bertz CT molecular complexity index is 684. The summed E-state index contributed by atoms with van der Waals surface area (Å²) in [6.07, 6.45) is 0. The fraction of sp³-hybridized carbons (Fsp3) is 0.500. The topological polar surface area (TPSA) is 69.7 Å². The maximum atomic E-state index is 12.6. The van der Waals surface area contributed by atoms with Crippen molar-refractivity contribution in [1.29, 1.82) is 0 Å². The largest absolute Gasteiger partial charge is 0.350 e. The van der Waals surface area contributed by atoms with E-state index in [1.807, 2.05) is 39.0 Å². The van der Waals surface area contributed by atoms with E-state index in [4.69, 9.17) is 11.6 Å². The number of carbonyl (C=O) groups is 3. The predicted molar refractivity (Wildman–Crippen MR) is 95.9 cm³/mol. The van der Waals surface area contributed by atoms with Crippen LogP contribution in [0.5, 0.6) is 0 Å². The maximum Gasteiger partial charge on any atom is 0.245 e. The van der Waals surface area contributed by atoms with Gasteiger partial charge in [-0.3, -0.25) is 14.4 Å². The third kappa shape index (κ3) is 4.95. The van der Waals surface area contributed by atoms with Crippen molar-refractivity contribution >= 4 is 29.3 Å². The average molecular weight is 366 g/mol. The summed E-state index contributed by atoms with van der Waals surface area (Å²) in [5.74, 6) is -0.716. The van der Waals surface area contributed by atoms with Crippen LogP contribution < -0.4 is 5.32 Å². The molecule has 1 N–H and O–H groups in total. The SMILES string of the molecule is C[C@H]1C(=O)N(Cc2ccccc2Cl)CC(=O)N1CC(=O)NC(C)(C)C. The zero-order chi connectivity index (χ0) is 18.8. The molecule has 0 saturated carbocycles. The van der Waals surface area contributed by atoms with Crippen LogP contribution in [0.2, 0.25) is 5.02 Å². The lowest BCUT2D eigenvalue weighted by molar-refractivity contribution is -0.157. The maximum absolute atomic E-state index is 12.6. The molecule has 1 heterocycles. The third-order valence-corrected chi connectivity index (χ3v) is 4.30. The van der Waals surface area contributed by atoms with Crippen LogP contribution in [0.15, 0.2) is 24.3 Å². The molecule has 0 aromatic heterocycles. The van der Waals surface area contributed by atoms with E-state index in [0.29, 0.717) is 5.02 Å². The van der Waals surface area contributed by atoms with Crippen LogP contribution in [-0.4, -0.2) is 52.2 Å². The van der Waals surface area contributed by atoms with E-state index in [0.717, 1.165) is 5.56 Å². The standard InChI is InChI=1S/C18H24ClN3O3/c1-12-17(25)21(9-13-7-5-6-8-14(13)19)11-16(24)22(12)10-15(23)20-18(2,3)4/h5-8,12H,9-11H2,1-4H3,(H,20,23)/t12-/m0/s1. The zero-order valence-corrected chi connectivity index (χ0v) is 15.8. The molecule has 1 aliphatic rings. The molecular formula is C18H24ClN3O3. The monoisotopic (exact) mass is 365 g/mol. The fourth-order valence-corrected chi connectivity index (χ4v) is 2.94. The summed E-state index contributed by atoms with van der Waals surface area (Å²) < 4.78 is 0. The first-order chi connectivity index (χ1) is 11.6. The first-order valence-electron chi connectivity index (χ1n) is 8.21. The van der Waals surface area contributed by atoms with Gasteiger partial charge in [-0.05, 0) is 39.3 Å². The highest BCUT2D eigenvalue weighted by Gasteiger charge is 2.37. The number of benzene rings is 1. The van der Waals surface area contributed by atoms with Gasteiger partial charge in [-0.15, -0.1) is 0 Å².